The third-order valence-electron chi connectivity index (χ3n) is 3.37. The first-order chi connectivity index (χ1) is 9.54. The minimum absolute atomic E-state index is 0.336. The van der Waals surface area contributed by atoms with Crippen LogP contribution in [-0.4, -0.2) is 38.4 Å². The van der Waals surface area contributed by atoms with Gasteiger partial charge in [-0.2, -0.15) is 0 Å². The second-order valence-electron chi connectivity index (χ2n) is 6.16. The van der Waals surface area contributed by atoms with E-state index < -0.39 is 0 Å². The Bertz CT molecular complexity index is 422. The van der Waals surface area contributed by atoms with Crippen LogP contribution in [-0.2, 0) is 6.54 Å². The fraction of sp³-hybridized carbons (Fsp3) is 0.625. The molecule has 20 heavy (non-hydrogen) atoms. The molecule has 0 bridgehead atoms. The Morgan fingerprint density at radius 1 is 1.20 bits per heavy atom. The first-order valence-electron chi connectivity index (χ1n) is 7.31. The summed E-state index contributed by atoms with van der Waals surface area (Å²) in [6.07, 6.45) is 1.18. The van der Waals surface area contributed by atoms with Crippen molar-refractivity contribution in [3.05, 3.63) is 23.8 Å². The maximum absolute atomic E-state index is 5.42. The molecule has 1 unspecified atom stereocenters. The van der Waals surface area contributed by atoms with Crippen molar-refractivity contribution in [1.82, 2.24) is 10.2 Å². The molecule has 0 aromatic heterocycles. The van der Waals surface area contributed by atoms with E-state index in [2.05, 4.69) is 50.3 Å². The Morgan fingerprint density at radius 3 is 2.65 bits per heavy atom. The number of benzene rings is 1. The van der Waals surface area contributed by atoms with Crippen LogP contribution in [0.15, 0.2) is 18.2 Å². The topological polar surface area (TPSA) is 33.7 Å². The van der Waals surface area contributed by atoms with Gasteiger partial charge in [-0.15, -0.1) is 0 Å². The zero-order chi connectivity index (χ0) is 14.5. The van der Waals surface area contributed by atoms with Gasteiger partial charge >= 0.3 is 0 Å². The normalized spacial score (nSPS) is 15.1. The molecular weight excluding hydrogens is 252 g/mol. The van der Waals surface area contributed by atoms with E-state index in [0.717, 1.165) is 24.6 Å². The number of nitrogens with one attached hydrogen (secondary N) is 1. The summed E-state index contributed by atoms with van der Waals surface area (Å²) in [5.74, 6) is 2.40. The van der Waals surface area contributed by atoms with Crippen LogP contribution in [0.2, 0.25) is 0 Å². The zero-order valence-corrected chi connectivity index (χ0v) is 13.0. The molecule has 1 atom stereocenters. The highest BCUT2D eigenvalue weighted by molar-refractivity contribution is 5.44. The maximum atomic E-state index is 5.42. The molecule has 0 spiro atoms. The lowest BCUT2D eigenvalue weighted by Crippen LogP contribution is -2.38. The molecule has 1 aliphatic rings. The van der Waals surface area contributed by atoms with Gasteiger partial charge in [0, 0.05) is 19.1 Å². The Morgan fingerprint density at radius 2 is 1.95 bits per heavy atom. The summed E-state index contributed by atoms with van der Waals surface area (Å²) >= 11 is 0. The van der Waals surface area contributed by atoms with Gasteiger partial charge in [-0.3, -0.25) is 0 Å². The van der Waals surface area contributed by atoms with Crippen LogP contribution in [0.3, 0.4) is 0 Å². The fourth-order valence-electron chi connectivity index (χ4n) is 2.55. The van der Waals surface area contributed by atoms with Crippen LogP contribution in [0.1, 0.15) is 25.8 Å². The highest BCUT2D eigenvalue weighted by Gasteiger charge is 2.15. The summed E-state index contributed by atoms with van der Waals surface area (Å²) in [5, 5.41) is 3.65. The number of hydrogen-bond donors (Lipinski definition) is 1. The summed E-state index contributed by atoms with van der Waals surface area (Å²) in [6.45, 7) is 6.79. The molecule has 4 heteroatoms. The van der Waals surface area contributed by atoms with Gasteiger partial charge in [0.05, 0.1) is 0 Å². The van der Waals surface area contributed by atoms with Crippen molar-refractivity contribution in [2.24, 2.45) is 5.92 Å². The van der Waals surface area contributed by atoms with Crippen molar-refractivity contribution in [1.29, 1.82) is 0 Å². The van der Waals surface area contributed by atoms with Crippen molar-refractivity contribution in [3.8, 4) is 11.5 Å². The van der Waals surface area contributed by atoms with Gasteiger partial charge in [-0.05, 0) is 44.1 Å². The molecule has 4 nitrogen and oxygen atoms in total. The van der Waals surface area contributed by atoms with Crippen molar-refractivity contribution >= 4 is 0 Å². The molecule has 1 aromatic rings. The van der Waals surface area contributed by atoms with E-state index >= 15 is 0 Å². The molecule has 1 aliphatic heterocycles. The average Bonchev–Trinajstić information content (AvgIpc) is 2.81. The lowest BCUT2D eigenvalue weighted by atomic mass is 10.0. The quantitative estimate of drug-likeness (QED) is 0.831. The molecule has 1 aromatic carbocycles. The van der Waals surface area contributed by atoms with E-state index in [1.807, 2.05) is 6.07 Å². The van der Waals surface area contributed by atoms with Crippen LogP contribution in [0, 0.1) is 5.92 Å². The van der Waals surface area contributed by atoms with Gasteiger partial charge in [0.15, 0.2) is 11.5 Å². The van der Waals surface area contributed by atoms with Gasteiger partial charge in [-0.25, -0.2) is 0 Å². The summed E-state index contributed by atoms with van der Waals surface area (Å²) in [5.41, 5.74) is 1.24. The first kappa shape index (κ1) is 15.1. The third-order valence-corrected chi connectivity index (χ3v) is 3.37. The van der Waals surface area contributed by atoms with Crippen LogP contribution >= 0.6 is 0 Å². The van der Waals surface area contributed by atoms with Crippen molar-refractivity contribution < 1.29 is 9.47 Å². The number of rotatable bonds is 7. The monoisotopic (exact) mass is 278 g/mol. The highest BCUT2D eigenvalue weighted by Crippen LogP contribution is 2.32. The number of ether oxygens (including phenoxy) is 2. The second kappa shape index (κ2) is 6.95. The van der Waals surface area contributed by atoms with Gasteiger partial charge in [0.1, 0.15) is 0 Å². The van der Waals surface area contributed by atoms with Gasteiger partial charge in [0.2, 0.25) is 6.79 Å². The second-order valence-corrected chi connectivity index (χ2v) is 6.16. The summed E-state index contributed by atoms with van der Waals surface area (Å²) in [6, 6.07) is 6.67. The molecule has 0 saturated carbocycles. The third kappa shape index (κ3) is 4.39. The van der Waals surface area contributed by atoms with Crippen LogP contribution in [0.4, 0.5) is 0 Å². The standard InChI is InChI=1S/C16H26N2O2/c1-12(2)7-14(10-18(3)4)17-9-13-5-6-15-16(8-13)20-11-19-15/h5-6,8,12,14,17H,7,9-11H2,1-4H3. The summed E-state index contributed by atoms with van der Waals surface area (Å²) in [7, 11) is 4.24. The Hall–Kier alpha value is -1.26. The molecule has 0 radical (unpaired) electrons. The van der Waals surface area contributed by atoms with Gasteiger partial charge < -0.3 is 19.7 Å². The number of likely N-dealkylation sites (N-methyl/N-ethyl adjacent to an activating group) is 1. The SMILES string of the molecule is CC(C)CC(CN(C)C)NCc1ccc2c(c1)OCO2. The molecule has 2 rings (SSSR count). The van der Waals surface area contributed by atoms with E-state index in [1.54, 1.807) is 0 Å². The van der Waals surface area contributed by atoms with Crippen LogP contribution < -0.4 is 14.8 Å². The Balaban J connectivity index is 1.91. The zero-order valence-electron chi connectivity index (χ0n) is 13.0. The first-order valence-corrected chi connectivity index (χ1v) is 7.31. The largest absolute Gasteiger partial charge is 0.454 e. The van der Waals surface area contributed by atoms with E-state index in [1.165, 1.54) is 12.0 Å². The van der Waals surface area contributed by atoms with Crippen molar-refractivity contribution in [3.63, 3.8) is 0 Å². The maximum Gasteiger partial charge on any atom is 0.231 e. The van der Waals surface area contributed by atoms with Gasteiger partial charge in [-0.1, -0.05) is 19.9 Å². The highest BCUT2D eigenvalue weighted by atomic mass is 16.7. The van der Waals surface area contributed by atoms with Crippen LogP contribution in [0.5, 0.6) is 11.5 Å². The molecule has 1 N–H and O–H groups in total. The summed E-state index contributed by atoms with van der Waals surface area (Å²) < 4.78 is 10.8. The minimum Gasteiger partial charge on any atom is -0.454 e. The minimum atomic E-state index is 0.336. The molecule has 0 saturated heterocycles. The van der Waals surface area contributed by atoms with E-state index in [9.17, 15) is 0 Å². The van der Waals surface area contributed by atoms with E-state index in [0.29, 0.717) is 18.8 Å². The molecular formula is C16H26N2O2. The van der Waals surface area contributed by atoms with E-state index in [-0.39, 0.29) is 0 Å². The predicted molar refractivity (Wildman–Crippen MR) is 81.2 cm³/mol. The summed E-state index contributed by atoms with van der Waals surface area (Å²) in [4.78, 5) is 2.24. The van der Waals surface area contributed by atoms with Crippen molar-refractivity contribution in [2.45, 2.75) is 32.9 Å². The lowest BCUT2D eigenvalue weighted by molar-refractivity contribution is 0.174. The van der Waals surface area contributed by atoms with E-state index in [4.69, 9.17) is 9.47 Å². The number of nitrogens with zero attached hydrogens (tertiary/aromatic N) is 1. The molecule has 0 aliphatic carbocycles. The van der Waals surface area contributed by atoms with Crippen molar-refractivity contribution in [2.75, 3.05) is 27.4 Å². The molecule has 0 fully saturated rings. The average molecular weight is 278 g/mol. The molecule has 0 amide bonds. The molecule has 1 heterocycles. The molecule has 112 valence electrons. The Kier molecular flexibility index (Phi) is 5.26. The van der Waals surface area contributed by atoms with Gasteiger partial charge in [0.25, 0.3) is 0 Å². The lowest BCUT2D eigenvalue weighted by Gasteiger charge is -2.24. The number of hydrogen-bond acceptors (Lipinski definition) is 4. The Labute approximate surface area is 122 Å². The fourth-order valence-corrected chi connectivity index (χ4v) is 2.55. The van der Waals surface area contributed by atoms with Crippen LogP contribution in [0.25, 0.3) is 0 Å². The number of fused-ring (bicyclic) bond motifs is 1. The predicted octanol–water partition coefficient (Wildman–Crippen LogP) is 2.48. The smallest absolute Gasteiger partial charge is 0.231 e.